The van der Waals surface area contributed by atoms with Gasteiger partial charge in [0.2, 0.25) is 10.0 Å². The van der Waals surface area contributed by atoms with Crippen LogP contribution in [0.2, 0.25) is 0 Å². The zero-order valence-electron chi connectivity index (χ0n) is 14.2. The number of hydrogen-bond acceptors (Lipinski definition) is 4. The van der Waals surface area contributed by atoms with E-state index in [1.165, 1.54) is 6.42 Å². The van der Waals surface area contributed by atoms with Gasteiger partial charge in [-0.15, -0.1) is 0 Å². The van der Waals surface area contributed by atoms with Gasteiger partial charge < -0.3 is 9.47 Å². The Balaban J connectivity index is 2.35. The summed E-state index contributed by atoms with van der Waals surface area (Å²) in [5.74, 6) is 0.969. The van der Waals surface area contributed by atoms with E-state index in [-0.39, 0.29) is 10.9 Å². The molecule has 0 atom stereocenters. The highest BCUT2D eigenvalue weighted by Crippen LogP contribution is 2.32. The Kier molecular flexibility index (Phi) is 6.30. The largest absolute Gasteiger partial charge is 0.494 e. The average Bonchev–Trinajstić information content (AvgIpc) is 2.50. The molecule has 0 amide bonds. The molecule has 0 aliphatic heterocycles. The van der Waals surface area contributed by atoms with Gasteiger partial charge in [-0.2, -0.15) is 0 Å². The quantitative estimate of drug-likeness (QED) is 0.825. The molecule has 0 unspecified atom stereocenters. The summed E-state index contributed by atoms with van der Waals surface area (Å²) in [4.78, 5) is 0.166. The number of nitrogens with one attached hydrogen (secondary N) is 1. The van der Waals surface area contributed by atoms with E-state index >= 15 is 0 Å². The van der Waals surface area contributed by atoms with E-state index in [4.69, 9.17) is 9.47 Å². The molecular formula is C17H27NO4S. The van der Waals surface area contributed by atoms with E-state index in [1.54, 1.807) is 12.1 Å². The normalized spacial score (nSPS) is 16.3. The second kappa shape index (κ2) is 8.02. The van der Waals surface area contributed by atoms with Gasteiger partial charge in [-0.05, 0) is 45.2 Å². The summed E-state index contributed by atoms with van der Waals surface area (Å²) >= 11 is 0. The second-order valence-electron chi connectivity index (χ2n) is 5.89. The van der Waals surface area contributed by atoms with Gasteiger partial charge in [-0.25, -0.2) is 13.1 Å². The molecule has 1 N–H and O–H groups in total. The number of sulfonamides is 1. The fraction of sp³-hybridized carbons (Fsp3) is 0.647. The summed E-state index contributed by atoms with van der Waals surface area (Å²) < 4.78 is 39.6. The molecule has 0 spiro atoms. The average molecular weight is 341 g/mol. The first-order valence-corrected chi connectivity index (χ1v) is 9.88. The zero-order chi connectivity index (χ0) is 16.9. The van der Waals surface area contributed by atoms with Crippen molar-refractivity contribution < 1.29 is 17.9 Å². The van der Waals surface area contributed by atoms with Crippen molar-refractivity contribution in [2.45, 2.75) is 63.8 Å². The van der Waals surface area contributed by atoms with Crippen LogP contribution in [0.4, 0.5) is 0 Å². The number of ether oxygens (including phenoxy) is 2. The van der Waals surface area contributed by atoms with E-state index in [2.05, 4.69) is 4.72 Å². The highest BCUT2D eigenvalue weighted by atomic mass is 32.2. The number of benzene rings is 1. The first kappa shape index (κ1) is 18.1. The van der Waals surface area contributed by atoms with E-state index in [0.29, 0.717) is 24.7 Å². The standard InChI is InChI=1S/C17H27NO4S/c1-4-21-15-12-17(16(22-5-2)11-13(15)3)23(19,20)18-14-9-7-6-8-10-14/h11-12,14,18H,4-10H2,1-3H3. The van der Waals surface area contributed by atoms with Crippen molar-refractivity contribution in [1.82, 2.24) is 4.72 Å². The van der Waals surface area contributed by atoms with Crippen LogP contribution in [0.1, 0.15) is 51.5 Å². The minimum atomic E-state index is -3.63. The molecule has 0 saturated heterocycles. The summed E-state index contributed by atoms with van der Waals surface area (Å²) in [7, 11) is -3.63. The third-order valence-electron chi connectivity index (χ3n) is 4.06. The van der Waals surface area contributed by atoms with Crippen LogP contribution in [-0.4, -0.2) is 27.7 Å². The van der Waals surface area contributed by atoms with Gasteiger partial charge in [0.25, 0.3) is 0 Å². The number of hydrogen-bond donors (Lipinski definition) is 1. The molecule has 23 heavy (non-hydrogen) atoms. The number of rotatable bonds is 7. The predicted molar refractivity (Wildman–Crippen MR) is 90.7 cm³/mol. The Bertz CT molecular complexity index is 622. The molecule has 1 aliphatic rings. The maximum atomic E-state index is 12.8. The fourth-order valence-electron chi connectivity index (χ4n) is 2.94. The summed E-state index contributed by atoms with van der Waals surface area (Å²) in [6.45, 7) is 6.52. The van der Waals surface area contributed by atoms with Crippen LogP contribution in [0.25, 0.3) is 0 Å². The van der Waals surface area contributed by atoms with Gasteiger partial charge >= 0.3 is 0 Å². The Morgan fingerprint density at radius 3 is 2.26 bits per heavy atom. The minimum absolute atomic E-state index is 0.0140. The summed E-state index contributed by atoms with van der Waals surface area (Å²) in [5.41, 5.74) is 0.868. The summed E-state index contributed by atoms with van der Waals surface area (Å²) in [5, 5.41) is 0. The molecule has 5 nitrogen and oxygen atoms in total. The Morgan fingerprint density at radius 1 is 1.04 bits per heavy atom. The molecule has 1 aromatic rings. The predicted octanol–water partition coefficient (Wildman–Crippen LogP) is 3.40. The van der Waals surface area contributed by atoms with E-state index < -0.39 is 10.0 Å². The van der Waals surface area contributed by atoms with Crippen LogP contribution in [0.3, 0.4) is 0 Å². The van der Waals surface area contributed by atoms with Crippen LogP contribution in [-0.2, 0) is 10.0 Å². The van der Waals surface area contributed by atoms with Gasteiger partial charge in [0, 0.05) is 12.1 Å². The Labute approximate surface area is 139 Å². The van der Waals surface area contributed by atoms with Crippen molar-refractivity contribution in [2.24, 2.45) is 0 Å². The topological polar surface area (TPSA) is 64.6 Å². The third kappa shape index (κ3) is 4.61. The minimum Gasteiger partial charge on any atom is -0.494 e. The van der Waals surface area contributed by atoms with Crippen molar-refractivity contribution in [3.05, 3.63) is 17.7 Å². The smallest absolute Gasteiger partial charge is 0.244 e. The number of aryl methyl sites for hydroxylation is 1. The van der Waals surface area contributed by atoms with Crippen molar-refractivity contribution >= 4 is 10.0 Å². The summed E-state index contributed by atoms with van der Waals surface area (Å²) in [6, 6.07) is 3.33. The SMILES string of the molecule is CCOc1cc(S(=O)(=O)NC2CCCCC2)c(OCC)cc1C. The van der Waals surface area contributed by atoms with Crippen molar-refractivity contribution in [3.8, 4) is 11.5 Å². The summed E-state index contributed by atoms with van der Waals surface area (Å²) in [6.07, 6.45) is 5.12. The maximum absolute atomic E-state index is 12.8. The molecule has 0 aromatic heterocycles. The molecule has 1 aromatic carbocycles. The van der Waals surface area contributed by atoms with E-state index in [0.717, 1.165) is 31.2 Å². The first-order chi connectivity index (χ1) is 11.0. The van der Waals surface area contributed by atoms with Crippen LogP contribution >= 0.6 is 0 Å². The third-order valence-corrected chi connectivity index (χ3v) is 5.60. The van der Waals surface area contributed by atoms with Crippen molar-refractivity contribution in [3.63, 3.8) is 0 Å². The zero-order valence-corrected chi connectivity index (χ0v) is 15.0. The van der Waals surface area contributed by atoms with Crippen molar-refractivity contribution in [2.75, 3.05) is 13.2 Å². The van der Waals surface area contributed by atoms with Gasteiger partial charge in [0.05, 0.1) is 13.2 Å². The molecule has 130 valence electrons. The van der Waals surface area contributed by atoms with Gasteiger partial charge in [-0.1, -0.05) is 19.3 Å². The van der Waals surface area contributed by atoms with Gasteiger partial charge in [0.1, 0.15) is 16.4 Å². The van der Waals surface area contributed by atoms with Gasteiger partial charge in [-0.3, -0.25) is 0 Å². The lowest BCUT2D eigenvalue weighted by atomic mass is 9.96. The first-order valence-electron chi connectivity index (χ1n) is 8.40. The lowest BCUT2D eigenvalue weighted by Crippen LogP contribution is -2.36. The molecule has 1 aliphatic carbocycles. The molecule has 0 bridgehead atoms. The van der Waals surface area contributed by atoms with Crippen LogP contribution in [0, 0.1) is 6.92 Å². The molecule has 1 saturated carbocycles. The Morgan fingerprint density at radius 2 is 1.65 bits per heavy atom. The highest BCUT2D eigenvalue weighted by molar-refractivity contribution is 7.89. The van der Waals surface area contributed by atoms with Crippen molar-refractivity contribution in [1.29, 1.82) is 0 Å². The monoisotopic (exact) mass is 341 g/mol. The lowest BCUT2D eigenvalue weighted by molar-refractivity contribution is 0.320. The van der Waals surface area contributed by atoms with Crippen LogP contribution in [0.5, 0.6) is 11.5 Å². The second-order valence-corrected chi connectivity index (χ2v) is 7.57. The molecule has 2 rings (SSSR count). The lowest BCUT2D eigenvalue weighted by Gasteiger charge is -2.23. The Hall–Kier alpha value is -1.27. The molecular weight excluding hydrogens is 314 g/mol. The van der Waals surface area contributed by atoms with E-state index in [1.807, 2.05) is 20.8 Å². The highest BCUT2D eigenvalue weighted by Gasteiger charge is 2.26. The fourth-order valence-corrected chi connectivity index (χ4v) is 4.38. The maximum Gasteiger partial charge on any atom is 0.244 e. The molecule has 1 fully saturated rings. The molecule has 6 heteroatoms. The van der Waals surface area contributed by atoms with Crippen LogP contribution in [0.15, 0.2) is 17.0 Å². The van der Waals surface area contributed by atoms with E-state index in [9.17, 15) is 8.42 Å². The molecule has 0 heterocycles. The molecule has 0 radical (unpaired) electrons. The van der Waals surface area contributed by atoms with Crippen LogP contribution < -0.4 is 14.2 Å². The van der Waals surface area contributed by atoms with Gasteiger partial charge in [0.15, 0.2) is 0 Å².